The zero-order valence-electron chi connectivity index (χ0n) is 20.2. The first-order valence-corrected chi connectivity index (χ1v) is 12.1. The minimum Gasteiger partial charge on any atom is -0.497 e. The molecule has 3 heterocycles. The molecule has 0 radical (unpaired) electrons. The van der Waals surface area contributed by atoms with E-state index in [1.165, 1.54) is 0 Å². The number of nitrogens with one attached hydrogen (secondary N) is 1. The Bertz CT molecular complexity index is 1180. The van der Waals surface area contributed by atoms with Crippen LogP contribution in [0.5, 0.6) is 5.75 Å². The van der Waals surface area contributed by atoms with Crippen LogP contribution in [0, 0.1) is 0 Å². The molecule has 1 aromatic heterocycles. The third kappa shape index (κ3) is 5.31. The van der Waals surface area contributed by atoms with Crippen molar-refractivity contribution in [2.45, 2.75) is 18.9 Å². The fourth-order valence-corrected chi connectivity index (χ4v) is 4.44. The quantitative estimate of drug-likeness (QED) is 0.570. The number of ether oxygens (including phenoxy) is 2. The van der Waals surface area contributed by atoms with E-state index in [4.69, 9.17) is 9.47 Å². The molecule has 0 bridgehead atoms. The Labute approximate surface area is 210 Å². The first kappa shape index (κ1) is 23.7. The van der Waals surface area contributed by atoms with Crippen molar-refractivity contribution in [1.82, 2.24) is 19.8 Å². The topological polar surface area (TPSA) is 96.9 Å². The van der Waals surface area contributed by atoms with E-state index in [2.05, 4.69) is 15.3 Å². The number of amides is 2. The van der Waals surface area contributed by atoms with Crippen LogP contribution in [0.3, 0.4) is 0 Å². The SMILES string of the molecule is COc1ccc(-c2cnc(Nc3ccc(C(=O)N4CCN(C(=O)C5CCCO5)CC4)cc3)nc2)cc1. The normalized spacial score (nSPS) is 17.6. The maximum atomic E-state index is 13.0. The number of carbonyl (C=O) groups is 2. The van der Waals surface area contributed by atoms with Crippen LogP contribution in [0.1, 0.15) is 23.2 Å². The summed E-state index contributed by atoms with van der Waals surface area (Å²) >= 11 is 0. The number of carbonyl (C=O) groups excluding carboxylic acids is 2. The zero-order valence-corrected chi connectivity index (χ0v) is 20.2. The molecule has 1 atom stereocenters. The molecule has 2 aromatic carbocycles. The summed E-state index contributed by atoms with van der Waals surface area (Å²) in [5.41, 5.74) is 3.30. The molecule has 2 saturated heterocycles. The van der Waals surface area contributed by atoms with Crippen LogP contribution in [0.2, 0.25) is 0 Å². The van der Waals surface area contributed by atoms with Gasteiger partial charge >= 0.3 is 0 Å². The zero-order chi connectivity index (χ0) is 24.9. The van der Waals surface area contributed by atoms with Gasteiger partial charge in [0.2, 0.25) is 5.95 Å². The first-order valence-electron chi connectivity index (χ1n) is 12.1. The number of rotatable bonds is 6. The number of benzene rings is 2. The fraction of sp³-hybridized carbons (Fsp3) is 0.333. The smallest absolute Gasteiger partial charge is 0.253 e. The lowest BCUT2D eigenvalue weighted by atomic mass is 10.1. The highest BCUT2D eigenvalue weighted by molar-refractivity contribution is 5.95. The molecule has 2 aliphatic rings. The summed E-state index contributed by atoms with van der Waals surface area (Å²) in [6.07, 6.45) is 4.93. The van der Waals surface area contributed by atoms with E-state index in [1.54, 1.807) is 36.5 Å². The largest absolute Gasteiger partial charge is 0.497 e. The second-order valence-corrected chi connectivity index (χ2v) is 8.85. The van der Waals surface area contributed by atoms with Gasteiger partial charge in [0.15, 0.2) is 0 Å². The van der Waals surface area contributed by atoms with Crippen LogP contribution in [-0.2, 0) is 9.53 Å². The molecular formula is C27H29N5O4. The van der Waals surface area contributed by atoms with E-state index >= 15 is 0 Å². The van der Waals surface area contributed by atoms with Crippen molar-refractivity contribution in [1.29, 1.82) is 0 Å². The highest BCUT2D eigenvalue weighted by Gasteiger charge is 2.31. The number of aromatic nitrogens is 2. The molecule has 5 rings (SSSR count). The number of nitrogens with zero attached hydrogens (tertiary/aromatic N) is 4. The summed E-state index contributed by atoms with van der Waals surface area (Å²) in [6, 6.07) is 15.0. The lowest BCUT2D eigenvalue weighted by Crippen LogP contribution is -2.52. The van der Waals surface area contributed by atoms with Crippen molar-refractivity contribution in [3.8, 4) is 16.9 Å². The Balaban J connectivity index is 1.14. The number of piperazine rings is 1. The van der Waals surface area contributed by atoms with Gasteiger partial charge in [0.25, 0.3) is 11.8 Å². The van der Waals surface area contributed by atoms with Gasteiger partial charge in [0.05, 0.1) is 7.11 Å². The van der Waals surface area contributed by atoms with Crippen molar-refractivity contribution in [3.63, 3.8) is 0 Å². The van der Waals surface area contributed by atoms with Crippen LogP contribution in [0.25, 0.3) is 11.1 Å². The number of methoxy groups -OCH3 is 1. The summed E-state index contributed by atoms with van der Waals surface area (Å²) < 4.78 is 10.7. The highest BCUT2D eigenvalue weighted by Crippen LogP contribution is 2.23. The molecule has 36 heavy (non-hydrogen) atoms. The second-order valence-electron chi connectivity index (χ2n) is 8.85. The van der Waals surface area contributed by atoms with Gasteiger partial charge < -0.3 is 24.6 Å². The van der Waals surface area contributed by atoms with Crippen molar-refractivity contribution in [3.05, 3.63) is 66.5 Å². The molecule has 1 unspecified atom stereocenters. The monoisotopic (exact) mass is 487 g/mol. The van der Waals surface area contributed by atoms with E-state index < -0.39 is 0 Å². The average molecular weight is 488 g/mol. The minimum absolute atomic E-state index is 0.0362. The summed E-state index contributed by atoms with van der Waals surface area (Å²) in [7, 11) is 1.64. The lowest BCUT2D eigenvalue weighted by molar-refractivity contribution is -0.142. The molecule has 1 N–H and O–H groups in total. The predicted molar refractivity (Wildman–Crippen MR) is 135 cm³/mol. The van der Waals surface area contributed by atoms with Gasteiger partial charge in [-0.25, -0.2) is 9.97 Å². The van der Waals surface area contributed by atoms with Crippen LogP contribution in [0.15, 0.2) is 60.9 Å². The number of anilines is 2. The van der Waals surface area contributed by atoms with Gasteiger partial charge in [0.1, 0.15) is 11.9 Å². The van der Waals surface area contributed by atoms with Crippen molar-refractivity contribution >= 4 is 23.5 Å². The van der Waals surface area contributed by atoms with E-state index in [0.29, 0.717) is 44.3 Å². The van der Waals surface area contributed by atoms with E-state index in [0.717, 1.165) is 35.4 Å². The molecule has 0 spiro atoms. The van der Waals surface area contributed by atoms with Gasteiger partial charge in [-0.3, -0.25) is 9.59 Å². The van der Waals surface area contributed by atoms with Crippen LogP contribution in [0.4, 0.5) is 11.6 Å². The van der Waals surface area contributed by atoms with Gasteiger partial charge in [0, 0.05) is 62.0 Å². The Morgan fingerprint density at radius 3 is 2.19 bits per heavy atom. The summed E-state index contributed by atoms with van der Waals surface area (Å²) in [5, 5.41) is 3.17. The van der Waals surface area contributed by atoms with Crippen molar-refractivity contribution in [2.75, 3.05) is 45.2 Å². The van der Waals surface area contributed by atoms with Crippen molar-refractivity contribution in [2.24, 2.45) is 0 Å². The Morgan fingerprint density at radius 1 is 0.917 bits per heavy atom. The van der Waals surface area contributed by atoms with Gasteiger partial charge in [-0.2, -0.15) is 0 Å². The maximum absolute atomic E-state index is 13.0. The fourth-order valence-electron chi connectivity index (χ4n) is 4.44. The molecule has 2 amide bonds. The standard InChI is InChI=1S/C27H29N5O4/c1-35-23-10-6-19(7-11-23)21-17-28-27(29-18-21)30-22-8-4-20(5-9-22)25(33)31-12-14-32(15-13-31)26(34)24-3-2-16-36-24/h4-11,17-18,24H,2-3,12-16H2,1H3,(H,28,29,30). The Hall–Kier alpha value is -3.98. The molecule has 186 valence electrons. The third-order valence-electron chi connectivity index (χ3n) is 6.55. The Kier molecular flexibility index (Phi) is 7.08. The molecule has 3 aromatic rings. The summed E-state index contributed by atoms with van der Waals surface area (Å²) in [4.78, 5) is 37.9. The molecule has 0 saturated carbocycles. The number of hydrogen-bond donors (Lipinski definition) is 1. The maximum Gasteiger partial charge on any atom is 0.253 e. The van der Waals surface area contributed by atoms with Crippen LogP contribution >= 0.6 is 0 Å². The Morgan fingerprint density at radius 2 is 1.58 bits per heavy atom. The minimum atomic E-state index is -0.310. The number of hydrogen-bond acceptors (Lipinski definition) is 7. The van der Waals surface area contributed by atoms with E-state index in [9.17, 15) is 9.59 Å². The molecular weight excluding hydrogens is 458 g/mol. The van der Waals surface area contributed by atoms with Crippen LogP contribution in [-0.4, -0.2) is 77.6 Å². The van der Waals surface area contributed by atoms with E-state index in [1.807, 2.05) is 41.3 Å². The van der Waals surface area contributed by atoms with Gasteiger partial charge in [-0.05, 0) is 54.8 Å². The summed E-state index contributed by atoms with van der Waals surface area (Å²) in [5.74, 6) is 1.28. The molecule has 9 nitrogen and oxygen atoms in total. The van der Waals surface area contributed by atoms with Gasteiger partial charge in [-0.15, -0.1) is 0 Å². The van der Waals surface area contributed by atoms with E-state index in [-0.39, 0.29) is 17.9 Å². The highest BCUT2D eigenvalue weighted by atomic mass is 16.5. The molecule has 2 aliphatic heterocycles. The molecule has 9 heteroatoms. The lowest BCUT2D eigenvalue weighted by Gasteiger charge is -2.35. The van der Waals surface area contributed by atoms with Crippen LogP contribution < -0.4 is 10.1 Å². The van der Waals surface area contributed by atoms with Crippen molar-refractivity contribution < 1.29 is 19.1 Å². The predicted octanol–water partition coefficient (Wildman–Crippen LogP) is 3.36. The average Bonchev–Trinajstić information content (AvgIpc) is 3.49. The molecule has 2 fully saturated rings. The summed E-state index contributed by atoms with van der Waals surface area (Å²) in [6.45, 7) is 2.76. The molecule has 0 aliphatic carbocycles. The third-order valence-corrected chi connectivity index (χ3v) is 6.55. The second kappa shape index (κ2) is 10.7. The first-order chi connectivity index (χ1) is 17.6. The van der Waals surface area contributed by atoms with Gasteiger partial charge in [-0.1, -0.05) is 12.1 Å².